The molecule has 0 spiro atoms. The van der Waals surface area contributed by atoms with Gasteiger partial charge in [-0.15, -0.1) is 0 Å². The Hall–Kier alpha value is -1.14. The van der Waals surface area contributed by atoms with E-state index >= 15 is 0 Å². The molecule has 18 heavy (non-hydrogen) atoms. The summed E-state index contributed by atoms with van der Waals surface area (Å²) in [5.74, 6) is 0. The highest BCUT2D eigenvalue weighted by Crippen LogP contribution is 2.36. The zero-order valence-corrected chi connectivity index (χ0v) is 11.5. The molecule has 0 unspecified atom stereocenters. The third kappa shape index (κ3) is 2.64. The number of hydrogen-bond acceptors (Lipinski definition) is 4. The molecule has 0 amide bonds. The van der Waals surface area contributed by atoms with Gasteiger partial charge in [-0.25, -0.2) is 0 Å². The minimum absolute atomic E-state index is 0.00369. The first-order chi connectivity index (χ1) is 8.63. The Balaban J connectivity index is 2.36. The predicted octanol–water partition coefficient (Wildman–Crippen LogP) is 2.71. The molecule has 1 saturated carbocycles. The van der Waals surface area contributed by atoms with E-state index in [1.54, 1.807) is 12.1 Å². The van der Waals surface area contributed by atoms with E-state index in [0.717, 1.165) is 19.3 Å². The molecular weight excluding hydrogens is 300 g/mol. The zero-order valence-electron chi connectivity index (χ0n) is 9.88. The number of halogens is 1. The summed E-state index contributed by atoms with van der Waals surface area (Å²) in [5, 5.41) is 20.2. The molecule has 1 N–H and O–H groups in total. The molecule has 0 heterocycles. The van der Waals surface area contributed by atoms with Crippen LogP contribution in [0.1, 0.15) is 19.3 Å². The highest BCUT2D eigenvalue weighted by atomic mass is 79.9. The Morgan fingerprint density at radius 2 is 2.22 bits per heavy atom. The molecule has 2 rings (SSSR count). The fourth-order valence-electron chi connectivity index (χ4n) is 2.19. The molecule has 0 atom stereocenters. The molecule has 0 radical (unpaired) electrons. The van der Waals surface area contributed by atoms with Gasteiger partial charge < -0.3 is 10.0 Å². The quantitative estimate of drug-likeness (QED) is 0.670. The van der Waals surface area contributed by atoms with Gasteiger partial charge in [0.25, 0.3) is 5.69 Å². The monoisotopic (exact) mass is 314 g/mol. The number of nitro groups is 1. The van der Waals surface area contributed by atoms with Crippen molar-refractivity contribution in [2.45, 2.75) is 25.3 Å². The van der Waals surface area contributed by atoms with Crippen LogP contribution in [-0.4, -0.2) is 29.2 Å². The molecule has 0 saturated heterocycles. The maximum atomic E-state index is 11.1. The lowest BCUT2D eigenvalue weighted by atomic mass is 9.91. The molecule has 0 aliphatic heterocycles. The van der Waals surface area contributed by atoms with Crippen LogP contribution in [0, 0.1) is 10.1 Å². The summed E-state index contributed by atoms with van der Waals surface area (Å²) in [6, 6.07) is 5.37. The van der Waals surface area contributed by atoms with Crippen LogP contribution in [0.3, 0.4) is 0 Å². The lowest BCUT2D eigenvalue weighted by Crippen LogP contribution is -2.42. The number of benzene rings is 1. The lowest BCUT2D eigenvalue weighted by Gasteiger charge is -2.38. The van der Waals surface area contributed by atoms with Gasteiger partial charge in [0.1, 0.15) is 5.69 Å². The summed E-state index contributed by atoms with van der Waals surface area (Å²) in [6.07, 6.45) is 3.22. The van der Waals surface area contributed by atoms with Gasteiger partial charge in [0.2, 0.25) is 0 Å². The van der Waals surface area contributed by atoms with Crippen LogP contribution in [0.15, 0.2) is 22.7 Å². The summed E-state index contributed by atoms with van der Waals surface area (Å²) in [4.78, 5) is 12.7. The van der Waals surface area contributed by atoms with E-state index < -0.39 is 0 Å². The van der Waals surface area contributed by atoms with Gasteiger partial charge in [-0.1, -0.05) is 15.9 Å². The molecule has 5 nitrogen and oxygen atoms in total. The molecule has 6 heteroatoms. The Morgan fingerprint density at radius 3 is 2.72 bits per heavy atom. The average Bonchev–Trinajstić information content (AvgIpc) is 2.26. The number of anilines is 1. The SMILES string of the molecule is O=[N+]([O-])c1cc(Br)ccc1N(CCO)C1CCC1. The maximum Gasteiger partial charge on any atom is 0.293 e. The summed E-state index contributed by atoms with van der Waals surface area (Å²) in [5.41, 5.74) is 0.687. The number of aliphatic hydroxyl groups is 1. The molecule has 98 valence electrons. The Labute approximate surface area is 114 Å². The van der Waals surface area contributed by atoms with Gasteiger partial charge in [-0.05, 0) is 31.4 Å². The maximum absolute atomic E-state index is 11.1. The van der Waals surface area contributed by atoms with Gasteiger partial charge in [0, 0.05) is 23.1 Å². The normalized spacial score (nSPS) is 15.2. The first-order valence-electron chi connectivity index (χ1n) is 5.95. The van der Waals surface area contributed by atoms with Crippen molar-refractivity contribution in [3.05, 3.63) is 32.8 Å². The van der Waals surface area contributed by atoms with Crippen LogP contribution in [0.25, 0.3) is 0 Å². The van der Waals surface area contributed by atoms with Crippen LogP contribution in [0.2, 0.25) is 0 Å². The first kappa shape index (κ1) is 13.3. The molecule has 1 aromatic rings. The fourth-order valence-corrected chi connectivity index (χ4v) is 2.54. The van der Waals surface area contributed by atoms with Crippen molar-refractivity contribution in [3.8, 4) is 0 Å². The topological polar surface area (TPSA) is 66.6 Å². The van der Waals surface area contributed by atoms with Crippen molar-refractivity contribution in [2.75, 3.05) is 18.1 Å². The minimum Gasteiger partial charge on any atom is -0.395 e. The van der Waals surface area contributed by atoms with Gasteiger partial charge in [-0.3, -0.25) is 10.1 Å². The van der Waals surface area contributed by atoms with Gasteiger partial charge in [-0.2, -0.15) is 0 Å². The Morgan fingerprint density at radius 1 is 1.50 bits per heavy atom. The third-order valence-electron chi connectivity index (χ3n) is 3.30. The second-order valence-corrected chi connectivity index (χ2v) is 5.31. The van der Waals surface area contributed by atoms with E-state index in [2.05, 4.69) is 15.9 Å². The minimum atomic E-state index is -0.372. The molecule has 0 aromatic heterocycles. The fraction of sp³-hybridized carbons (Fsp3) is 0.500. The third-order valence-corrected chi connectivity index (χ3v) is 3.79. The molecule has 1 fully saturated rings. The van der Waals surface area contributed by atoms with E-state index in [4.69, 9.17) is 5.11 Å². The van der Waals surface area contributed by atoms with Gasteiger partial charge >= 0.3 is 0 Å². The van der Waals surface area contributed by atoms with Crippen LogP contribution in [-0.2, 0) is 0 Å². The molecule has 0 bridgehead atoms. The van der Waals surface area contributed by atoms with E-state index in [-0.39, 0.29) is 17.2 Å². The zero-order chi connectivity index (χ0) is 13.1. The van der Waals surface area contributed by atoms with Crippen LogP contribution >= 0.6 is 15.9 Å². The van der Waals surface area contributed by atoms with Crippen molar-refractivity contribution < 1.29 is 10.0 Å². The summed E-state index contributed by atoms with van der Waals surface area (Å²) in [6.45, 7) is 0.441. The highest BCUT2D eigenvalue weighted by molar-refractivity contribution is 9.10. The Kier molecular flexibility index (Phi) is 4.19. The number of aliphatic hydroxyl groups excluding tert-OH is 1. The first-order valence-corrected chi connectivity index (χ1v) is 6.74. The number of hydrogen-bond donors (Lipinski definition) is 1. The number of rotatable bonds is 5. The van der Waals surface area contributed by atoms with E-state index in [1.807, 2.05) is 4.90 Å². The molecular formula is C12H15BrN2O3. The van der Waals surface area contributed by atoms with E-state index in [0.29, 0.717) is 22.7 Å². The summed E-state index contributed by atoms with van der Waals surface area (Å²) in [7, 11) is 0. The van der Waals surface area contributed by atoms with Crippen LogP contribution < -0.4 is 4.90 Å². The standard InChI is InChI=1S/C12H15BrN2O3/c13-9-4-5-11(12(8-9)15(17)18)14(6-7-16)10-2-1-3-10/h4-5,8,10,16H,1-3,6-7H2. The molecule has 1 aromatic carbocycles. The van der Waals surface area contributed by atoms with Crippen molar-refractivity contribution in [2.24, 2.45) is 0 Å². The predicted molar refractivity (Wildman–Crippen MR) is 72.9 cm³/mol. The lowest BCUT2D eigenvalue weighted by molar-refractivity contribution is -0.384. The number of nitro benzene ring substituents is 1. The largest absolute Gasteiger partial charge is 0.395 e. The van der Waals surface area contributed by atoms with Crippen LogP contribution in [0.4, 0.5) is 11.4 Å². The second kappa shape index (κ2) is 5.67. The highest BCUT2D eigenvalue weighted by Gasteiger charge is 2.29. The summed E-state index contributed by atoms with van der Waals surface area (Å²) >= 11 is 3.25. The van der Waals surface area contributed by atoms with E-state index in [9.17, 15) is 10.1 Å². The van der Waals surface area contributed by atoms with E-state index in [1.165, 1.54) is 6.07 Å². The number of nitrogens with zero attached hydrogens (tertiary/aromatic N) is 2. The molecule has 1 aliphatic rings. The van der Waals surface area contributed by atoms with Crippen molar-refractivity contribution in [3.63, 3.8) is 0 Å². The van der Waals surface area contributed by atoms with Crippen LogP contribution in [0.5, 0.6) is 0 Å². The van der Waals surface area contributed by atoms with Crippen molar-refractivity contribution in [1.29, 1.82) is 0 Å². The Bertz CT molecular complexity index is 449. The summed E-state index contributed by atoms with van der Waals surface area (Å²) < 4.78 is 0.690. The molecule has 1 aliphatic carbocycles. The van der Waals surface area contributed by atoms with Crippen molar-refractivity contribution in [1.82, 2.24) is 0 Å². The average molecular weight is 315 g/mol. The smallest absolute Gasteiger partial charge is 0.293 e. The van der Waals surface area contributed by atoms with Gasteiger partial charge in [0.15, 0.2) is 0 Å². The van der Waals surface area contributed by atoms with Gasteiger partial charge in [0.05, 0.1) is 11.5 Å². The second-order valence-electron chi connectivity index (χ2n) is 4.39. The van der Waals surface area contributed by atoms with Crippen molar-refractivity contribution >= 4 is 27.3 Å².